The number of aromatic nitrogens is 3. The van der Waals surface area contributed by atoms with Crippen LogP contribution in [-0.4, -0.2) is 52.3 Å². The van der Waals surface area contributed by atoms with Crippen LogP contribution in [0.15, 0.2) is 53.2 Å². The van der Waals surface area contributed by atoms with Gasteiger partial charge < -0.3 is 14.1 Å². The highest BCUT2D eigenvalue weighted by atomic mass is 19.1. The smallest absolute Gasteiger partial charge is 0.256 e. The van der Waals surface area contributed by atoms with Crippen molar-refractivity contribution in [2.24, 2.45) is 5.41 Å². The highest BCUT2D eigenvalue weighted by molar-refractivity contribution is 5.94. The average molecular weight is 408 g/mol. The summed E-state index contributed by atoms with van der Waals surface area (Å²) in [7, 11) is 0. The molecule has 154 valence electrons. The lowest BCUT2D eigenvalue weighted by molar-refractivity contribution is 0.00905. The first-order valence-electron chi connectivity index (χ1n) is 10.0. The Kier molecular flexibility index (Phi) is 4.78. The third-order valence-corrected chi connectivity index (χ3v) is 6.19. The normalized spacial score (nSPS) is 20.6. The van der Waals surface area contributed by atoms with Gasteiger partial charge in [0.1, 0.15) is 5.82 Å². The summed E-state index contributed by atoms with van der Waals surface area (Å²) in [6.45, 7) is 2.15. The second kappa shape index (κ2) is 7.60. The van der Waals surface area contributed by atoms with E-state index in [4.69, 9.17) is 9.15 Å². The van der Waals surface area contributed by atoms with Gasteiger partial charge in [0.05, 0.1) is 11.5 Å². The fourth-order valence-corrected chi connectivity index (χ4v) is 4.54. The van der Waals surface area contributed by atoms with Crippen molar-refractivity contribution in [1.82, 2.24) is 20.1 Å². The largest absolute Gasteiger partial charge is 0.420 e. The maximum Gasteiger partial charge on any atom is 0.256 e. The van der Waals surface area contributed by atoms with E-state index in [0.29, 0.717) is 38.1 Å². The predicted molar refractivity (Wildman–Crippen MR) is 105 cm³/mol. The number of benzene rings is 1. The van der Waals surface area contributed by atoms with Crippen molar-refractivity contribution < 1.29 is 18.3 Å². The molecule has 1 spiro atoms. The molecule has 0 N–H and O–H groups in total. The van der Waals surface area contributed by atoms with Gasteiger partial charge in [0.15, 0.2) is 0 Å². The van der Waals surface area contributed by atoms with E-state index in [1.165, 1.54) is 12.1 Å². The lowest BCUT2D eigenvalue weighted by atomic mass is 9.72. The molecule has 0 radical (unpaired) electrons. The van der Waals surface area contributed by atoms with E-state index in [0.717, 1.165) is 18.4 Å². The van der Waals surface area contributed by atoms with Gasteiger partial charge in [-0.05, 0) is 37.1 Å². The lowest BCUT2D eigenvalue weighted by Gasteiger charge is -2.36. The van der Waals surface area contributed by atoms with Gasteiger partial charge in [-0.2, -0.15) is 0 Å². The van der Waals surface area contributed by atoms with E-state index in [1.54, 1.807) is 29.4 Å². The molecular weight excluding hydrogens is 387 g/mol. The molecule has 0 bridgehead atoms. The van der Waals surface area contributed by atoms with E-state index in [1.807, 2.05) is 12.1 Å². The number of carbonyl (C=O) groups is 1. The van der Waals surface area contributed by atoms with Crippen molar-refractivity contribution >= 4 is 5.91 Å². The molecular formula is C22H21FN4O3. The topological polar surface area (TPSA) is 81.4 Å². The summed E-state index contributed by atoms with van der Waals surface area (Å²) in [5.74, 6) is -0.0127. The fraction of sp³-hybridized carbons (Fsp3) is 0.364. The van der Waals surface area contributed by atoms with Crippen molar-refractivity contribution in [2.45, 2.75) is 18.8 Å². The first-order valence-corrected chi connectivity index (χ1v) is 10.0. The summed E-state index contributed by atoms with van der Waals surface area (Å²) < 4.78 is 25.8. The summed E-state index contributed by atoms with van der Waals surface area (Å²) in [6, 6.07) is 9.71. The van der Waals surface area contributed by atoms with Crippen molar-refractivity contribution in [3.05, 3.63) is 66.1 Å². The Hall–Kier alpha value is -3.13. The standard InChI is InChI=1S/C22H21FN4O3/c23-18-4-2-1-3-16(18)21(28)27-13-17(22(14-27)7-11-29-12-8-22)20-26-25-19(30-20)15-5-9-24-10-6-15/h1-6,9-10,17H,7-8,11-14H2. The van der Waals surface area contributed by atoms with Crippen LogP contribution in [-0.2, 0) is 4.74 Å². The van der Waals surface area contributed by atoms with Crippen LogP contribution in [0, 0.1) is 11.2 Å². The minimum absolute atomic E-state index is 0.0864. The zero-order valence-corrected chi connectivity index (χ0v) is 16.3. The minimum atomic E-state index is -0.509. The van der Waals surface area contributed by atoms with Gasteiger partial charge >= 0.3 is 0 Å². The maximum absolute atomic E-state index is 14.2. The third kappa shape index (κ3) is 3.27. The van der Waals surface area contributed by atoms with Gasteiger partial charge in [0.25, 0.3) is 5.91 Å². The Morgan fingerprint density at radius 3 is 2.63 bits per heavy atom. The molecule has 1 atom stereocenters. The Morgan fingerprint density at radius 2 is 1.87 bits per heavy atom. The monoisotopic (exact) mass is 408 g/mol. The highest BCUT2D eigenvalue weighted by Gasteiger charge is 2.51. The summed E-state index contributed by atoms with van der Waals surface area (Å²) in [5.41, 5.74) is 0.659. The fourth-order valence-electron chi connectivity index (χ4n) is 4.54. The maximum atomic E-state index is 14.2. The molecule has 2 saturated heterocycles. The van der Waals surface area contributed by atoms with E-state index >= 15 is 0 Å². The molecule has 2 aliphatic rings. The second-order valence-electron chi connectivity index (χ2n) is 7.87. The summed E-state index contributed by atoms with van der Waals surface area (Å²) in [4.78, 5) is 18.8. The highest BCUT2D eigenvalue weighted by Crippen LogP contribution is 2.49. The number of rotatable bonds is 3. The van der Waals surface area contributed by atoms with Crippen LogP contribution in [0.5, 0.6) is 0 Å². The number of nitrogens with zero attached hydrogens (tertiary/aromatic N) is 4. The number of hydrogen-bond acceptors (Lipinski definition) is 6. The Balaban J connectivity index is 1.47. The summed E-state index contributed by atoms with van der Waals surface area (Å²) in [5, 5.41) is 8.53. The van der Waals surface area contributed by atoms with Crippen LogP contribution in [0.1, 0.15) is 35.0 Å². The molecule has 1 amide bonds. The molecule has 0 saturated carbocycles. The molecule has 3 aromatic rings. The SMILES string of the molecule is O=C(c1ccccc1F)N1CC(c2nnc(-c3ccncc3)o2)C2(CCOCC2)C1. The molecule has 7 nitrogen and oxygen atoms in total. The third-order valence-electron chi connectivity index (χ3n) is 6.19. The van der Waals surface area contributed by atoms with Gasteiger partial charge in [-0.15, -0.1) is 10.2 Å². The first kappa shape index (κ1) is 18.9. The molecule has 5 rings (SSSR count). The zero-order chi connectivity index (χ0) is 20.6. The number of hydrogen-bond donors (Lipinski definition) is 0. The zero-order valence-electron chi connectivity index (χ0n) is 16.3. The van der Waals surface area contributed by atoms with Crippen LogP contribution in [0.2, 0.25) is 0 Å². The molecule has 2 fully saturated rings. The quantitative estimate of drug-likeness (QED) is 0.661. The van der Waals surface area contributed by atoms with Crippen LogP contribution < -0.4 is 0 Å². The Bertz CT molecular complexity index is 1050. The second-order valence-corrected chi connectivity index (χ2v) is 7.87. The summed E-state index contributed by atoms with van der Waals surface area (Å²) >= 11 is 0. The number of amides is 1. The van der Waals surface area contributed by atoms with Gasteiger partial charge in [-0.25, -0.2) is 4.39 Å². The number of halogens is 1. The van der Waals surface area contributed by atoms with Crippen molar-refractivity contribution in [1.29, 1.82) is 0 Å². The van der Waals surface area contributed by atoms with E-state index < -0.39 is 5.82 Å². The molecule has 1 aromatic carbocycles. The minimum Gasteiger partial charge on any atom is -0.420 e. The van der Waals surface area contributed by atoms with E-state index in [-0.39, 0.29) is 22.8 Å². The predicted octanol–water partition coefficient (Wildman–Crippen LogP) is 3.31. The van der Waals surface area contributed by atoms with E-state index in [9.17, 15) is 9.18 Å². The molecule has 2 aliphatic heterocycles. The molecule has 0 aliphatic carbocycles. The van der Waals surface area contributed by atoms with Crippen LogP contribution >= 0.6 is 0 Å². The average Bonchev–Trinajstić information content (AvgIpc) is 3.40. The Morgan fingerprint density at radius 1 is 1.10 bits per heavy atom. The first-order chi connectivity index (χ1) is 14.7. The summed E-state index contributed by atoms with van der Waals surface area (Å²) in [6.07, 6.45) is 4.91. The number of ether oxygens (including phenoxy) is 1. The molecule has 8 heteroatoms. The van der Waals surface area contributed by atoms with Crippen LogP contribution in [0.4, 0.5) is 4.39 Å². The van der Waals surface area contributed by atoms with Crippen LogP contribution in [0.3, 0.4) is 0 Å². The van der Waals surface area contributed by atoms with Gasteiger partial charge in [-0.3, -0.25) is 9.78 Å². The molecule has 2 aromatic heterocycles. The number of carbonyl (C=O) groups excluding carboxylic acids is 1. The lowest BCUT2D eigenvalue weighted by Crippen LogP contribution is -2.37. The van der Waals surface area contributed by atoms with Gasteiger partial charge in [-0.1, -0.05) is 12.1 Å². The van der Waals surface area contributed by atoms with Crippen molar-refractivity contribution in [3.8, 4) is 11.5 Å². The van der Waals surface area contributed by atoms with Gasteiger partial charge in [0, 0.05) is 49.7 Å². The number of likely N-dealkylation sites (tertiary alicyclic amines) is 1. The van der Waals surface area contributed by atoms with Crippen molar-refractivity contribution in [3.63, 3.8) is 0 Å². The number of pyridine rings is 1. The van der Waals surface area contributed by atoms with E-state index in [2.05, 4.69) is 15.2 Å². The molecule has 30 heavy (non-hydrogen) atoms. The van der Waals surface area contributed by atoms with Crippen LogP contribution in [0.25, 0.3) is 11.5 Å². The molecule has 1 unspecified atom stereocenters. The Labute approximate surface area is 172 Å². The molecule has 4 heterocycles. The van der Waals surface area contributed by atoms with Crippen molar-refractivity contribution in [2.75, 3.05) is 26.3 Å². The van der Waals surface area contributed by atoms with Gasteiger partial charge in [0.2, 0.25) is 11.8 Å².